The fourth-order valence-electron chi connectivity index (χ4n) is 1.12. The molecule has 72 valence electrons. The van der Waals surface area contributed by atoms with Gasteiger partial charge < -0.3 is 0 Å². The molecule has 0 saturated carbocycles. The fraction of sp³-hybridized carbons (Fsp3) is 0.889. The van der Waals surface area contributed by atoms with Gasteiger partial charge in [-0.25, -0.2) is 0 Å². The molecule has 0 rings (SSSR count). The number of hydrogen-bond acceptors (Lipinski definition) is 0. The van der Waals surface area contributed by atoms with Crippen LogP contribution in [0.3, 0.4) is 0 Å². The molecule has 0 unspecified atom stereocenters. The lowest BCUT2D eigenvalue weighted by atomic mass is 11.0. The fourth-order valence-corrected chi connectivity index (χ4v) is 16.9. The van der Waals surface area contributed by atoms with Gasteiger partial charge in [-0.2, -0.15) is 0 Å². The lowest BCUT2D eigenvalue weighted by Crippen LogP contribution is -2.46. The molecular weight excluding hydrogens is 192 g/mol. The zero-order valence-corrected chi connectivity index (χ0v) is 13.0. The molecule has 0 aromatic heterocycles. The molecule has 0 fully saturated rings. The van der Waals surface area contributed by atoms with Gasteiger partial charge in [-0.05, 0) is 7.93 Å². The standard InChI is InChI=1S/C9H24Si3/c1-9(11(3,4)5)10(2)12(6,7)8/h1-8H3/b10-9+. The second-order valence-corrected chi connectivity index (χ2v) is 24.8. The maximum atomic E-state index is 2.53. The van der Waals surface area contributed by atoms with Crippen LogP contribution in [0.1, 0.15) is 6.92 Å². The van der Waals surface area contributed by atoms with E-state index in [0.717, 1.165) is 0 Å². The molecule has 0 aromatic carbocycles. The predicted molar refractivity (Wildman–Crippen MR) is 69.0 cm³/mol. The highest BCUT2D eigenvalue weighted by Crippen LogP contribution is 2.09. The third-order valence-electron chi connectivity index (χ3n) is 2.81. The molecule has 0 radical (unpaired) electrons. The summed E-state index contributed by atoms with van der Waals surface area (Å²) in [7, 11) is -1.89. The smallest absolute Gasteiger partial charge is 0.0665 e. The minimum atomic E-state index is -0.937. The van der Waals surface area contributed by atoms with Gasteiger partial charge in [-0.3, -0.25) is 0 Å². The van der Waals surface area contributed by atoms with E-state index in [0.29, 0.717) is 0 Å². The van der Waals surface area contributed by atoms with Crippen LogP contribution < -0.4 is 0 Å². The number of rotatable bonds is 2. The third-order valence-corrected chi connectivity index (χ3v) is 20.4. The van der Waals surface area contributed by atoms with E-state index in [-0.39, 0.29) is 7.93 Å². The Bertz CT molecular complexity index is 169. The summed E-state index contributed by atoms with van der Waals surface area (Å²) < 4.78 is 0. The maximum absolute atomic E-state index is 2.53. The second-order valence-electron chi connectivity index (χ2n) is 5.75. The summed E-state index contributed by atoms with van der Waals surface area (Å²) in [5.74, 6) is 0. The van der Waals surface area contributed by atoms with Crippen molar-refractivity contribution in [1.82, 2.24) is 0 Å². The Hall–Kier alpha value is 0.521. The summed E-state index contributed by atoms with van der Waals surface area (Å²) in [4.78, 5) is 1.91. The van der Waals surface area contributed by atoms with Crippen LogP contribution in [0.2, 0.25) is 45.8 Å². The maximum Gasteiger partial charge on any atom is 0.0665 e. The van der Waals surface area contributed by atoms with E-state index >= 15 is 0 Å². The highest BCUT2D eigenvalue weighted by Gasteiger charge is 2.24. The van der Waals surface area contributed by atoms with E-state index < -0.39 is 15.7 Å². The van der Waals surface area contributed by atoms with Crippen LogP contribution in [0, 0.1) is 0 Å². The van der Waals surface area contributed by atoms with Gasteiger partial charge in [0, 0.05) is 0 Å². The lowest BCUT2D eigenvalue weighted by Gasteiger charge is -2.26. The average Bonchev–Trinajstić information content (AvgIpc) is 1.80. The summed E-state index contributed by atoms with van der Waals surface area (Å²) in [5.41, 5.74) is 0. The quantitative estimate of drug-likeness (QED) is 0.622. The molecule has 0 saturated heterocycles. The Morgan fingerprint density at radius 2 is 1.25 bits per heavy atom. The first kappa shape index (κ1) is 12.5. The van der Waals surface area contributed by atoms with Crippen molar-refractivity contribution in [2.75, 3.05) is 0 Å². The van der Waals surface area contributed by atoms with E-state index in [1.807, 2.05) is 4.79 Å². The predicted octanol–water partition coefficient (Wildman–Crippen LogP) is 3.18. The van der Waals surface area contributed by atoms with E-state index in [2.05, 4.69) is 52.8 Å². The Morgan fingerprint density at radius 3 is 1.33 bits per heavy atom. The molecule has 0 N–H and O–H groups in total. The van der Waals surface area contributed by atoms with Crippen molar-refractivity contribution in [2.24, 2.45) is 0 Å². The first-order valence-corrected chi connectivity index (χ1v) is 14.8. The van der Waals surface area contributed by atoms with Gasteiger partial charge in [-0.1, -0.05) is 52.8 Å². The first-order chi connectivity index (χ1) is 5.07. The van der Waals surface area contributed by atoms with Gasteiger partial charge in [0.05, 0.1) is 15.7 Å². The molecule has 0 bridgehead atoms. The van der Waals surface area contributed by atoms with Gasteiger partial charge in [0.2, 0.25) is 0 Å². The van der Waals surface area contributed by atoms with Gasteiger partial charge in [0.15, 0.2) is 0 Å². The minimum Gasteiger partial charge on any atom is -0.105 e. The molecule has 0 atom stereocenters. The van der Waals surface area contributed by atoms with Gasteiger partial charge in [0.1, 0.15) is 0 Å². The Kier molecular flexibility index (Phi) is 3.88. The Labute approximate surface area is 81.4 Å². The zero-order chi connectivity index (χ0) is 10.2. The molecule has 0 aliphatic rings. The third kappa shape index (κ3) is 3.49. The SMILES string of the molecule is C/C(=[Si](/C)[Si](C)(C)C)[Si](C)(C)C. The Balaban J connectivity index is 4.96. The molecule has 0 nitrogen and oxygen atoms in total. The van der Waals surface area contributed by atoms with Crippen LogP contribution in [0.25, 0.3) is 0 Å². The summed E-state index contributed by atoms with van der Waals surface area (Å²) in [5, 5.41) is 0. The highest BCUT2D eigenvalue weighted by atomic mass is 29.2. The molecule has 0 amide bonds. The van der Waals surface area contributed by atoms with Crippen molar-refractivity contribution in [2.45, 2.75) is 52.8 Å². The van der Waals surface area contributed by atoms with Crippen molar-refractivity contribution in [1.29, 1.82) is 0 Å². The molecule has 0 spiro atoms. The largest absolute Gasteiger partial charge is 0.105 e. The van der Waals surface area contributed by atoms with Crippen LogP contribution in [0.5, 0.6) is 0 Å². The topological polar surface area (TPSA) is 0 Å². The van der Waals surface area contributed by atoms with E-state index in [1.165, 1.54) is 0 Å². The van der Waals surface area contributed by atoms with Crippen molar-refractivity contribution in [3.8, 4) is 0 Å². The zero-order valence-electron chi connectivity index (χ0n) is 10.0. The normalized spacial score (nSPS) is 16.0. The molecule has 0 aromatic rings. The summed E-state index contributed by atoms with van der Waals surface area (Å²) in [6, 6.07) is 0. The van der Waals surface area contributed by atoms with Crippen LogP contribution in [-0.2, 0) is 0 Å². The van der Waals surface area contributed by atoms with Gasteiger partial charge in [-0.15, -0.1) is 4.79 Å². The molecule has 3 heteroatoms. The molecule has 12 heavy (non-hydrogen) atoms. The van der Waals surface area contributed by atoms with Crippen LogP contribution in [0.15, 0.2) is 0 Å². The molecule has 0 aliphatic heterocycles. The van der Waals surface area contributed by atoms with Crippen LogP contribution >= 0.6 is 0 Å². The van der Waals surface area contributed by atoms with E-state index in [9.17, 15) is 0 Å². The monoisotopic (exact) mass is 216 g/mol. The van der Waals surface area contributed by atoms with Crippen molar-refractivity contribution in [3.05, 3.63) is 0 Å². The summed E-state index contributed by atoms with van der Waals surface area (Å²) in [6.45, 7) is 20.0. The second kappa shape index (κ2) is 3.72. The first-order valence-electron chi connectivity index (χ1n) is 4.75. The minimum absolute atomic E-state index is 0.123. The van der Waals surface area contributed by atoms with Crippen molar-refractivity contribution < 1.29 is 0 Å². The van der Waals surface area contributed by atoms with Gasteiger partial charge >= 0.3 is 0 Å². The molecular formula is C9H24Si3. The lowest BCUT2D eigenvalue weighted by molar-refractivity contribution is 1.78. The highest BCUT2D eigenvalue weighted by molar-refractivity contribution is 7.40. The average molecular weight is 217 g/mol. The van der Waals surface area contributed by atoms with Crippen LogP contribution in [-0.4, -0.2) is 28.4 Å². The molecule has 0 heterocycles. The summed E-state index contributed by atoms with van der Waals surface area (Å²) in [6.07, 6.45) is 0. The van der Waals surface area contributed by atoms with Crippen molar-refractivity contribution >= 4 is 28.4 Å². The Morgan fingerprint density at radius 1 is 0.917 bits per heavy atom. The molecule has 0 aliphatic carbocycles. The van der Waals surface area contributed by atoms with E-state index in [1.54, 1.807) is 0 Å². The van der Waals surface area contributed by atoms with Gasteiger partial charge in [0.25, 0.3) is 0 Å². The van der Waals surface area contributed by atoms with Crippen LogP contribution in [0.4, 0.5) is 0 Å². The van der Waals surface area contributed by atoms with Crippen molar-refractivity contribution in [3.63, 3.8) is 0 Å². The summed E-state index contributed by atoms with van der Waals surface area (Å²) >= 11 is 0. The van der Waals surface area contributed by atoms with E-state index in [4.69, 9.17) is 0 Å². The number of hydrogen-bond donors (Lipinski definition) is 0.